The predicted octanol–water partition coefficient (Wildman–Crippen LogP) is 4.38. The number of ketones is 1. The predicted molar refractivity (Wildman–Crippen MR) is 114 cm³/mol. The molecule has 1 N–H and O–H groups in total. The number of imidazole rings is 1. The van der Waals surface area contributed by atoms with Crippen molar-refractivity contribution in [2.75, 3.05) is 6.54 Å². The van der Waals surface area contributed by atoms with Crippen molar-refractivity contribution < 1.29 is 14.7 Å². The van der Waals surface area contributed by atoms with Crippen molar-refractivity contribution in [2.45, 2.75) is 19.0 Å². The van der Waals surface area contributed by atoms with E-state index in [2.05, 4.69) is 20.9 Å². The molecule has 8 heteroatoms. The molecule has 1 atom stereocenters. The third-order valence-electron chi connectivity index (χ3n) is 4.83. The first-order chi connectivity index (χ1) is 14.1. The van der Waals surface area contributed by atoms with Crippen LogP contribution in [0.1, 0.15) is 27.7 Å². The summed E-state index contributed by atoms with van der Waals surface area (Å²) in [5.74, 6) is -1.29. The summed E-state index contributed by atoms with van der Waals surface area (Å²) in [6.07, 6.45) is 5.95. The molecule has 1 amide bonds. The molecule has 0 fully saturated rings. The van der Waals surface area contributed by atoms with E-state index in [9.17, 15) is 14.7 Å². The topological polar surface area (TPSA) is 75.4 Å². The fourth-order valence-electron chi connectivity index (χ4n) is 3.52. The second-order valence-corrected chi connectivity index (χ2v) is 8.54. The fourth-order valence-corrected chi connectivity index (χ4v) is 4.62. The summed E-state index contributed by atoms with van der Waals surface area (Å²) < 4.78 is 2.77. The Morgan fingerprint density at radius 2 is 2.10 bits per heavy atom. The van der Waals surface area contributed by atoms with Gasteiger partial charge in [-0.3, -0.25) is 9.59 Å². The van der Waals surface area contributed by atoms with Crippen molar-refractivity contribution in [3.8, 4) is 0 Å². The van der Waals surface area contributed by atoms with Crippen LogP contribution in [0.25, 0.3) is 0 Å². The Morgan fingerprint density at radius 1 is 1.24 bits per heavy atom. The zero-order chi connectivity index (χ0) is 20.4. The Balaban J connectivity index is 1.67. The Kier molecular flexibility index (Phi) is 5.64. The molecule has 6 nitrogen and oxygen atoms in total. The van der Waals surface area contributed by atoms with Gasteiger partial charge in [0.25, 0.3) is 5.91 Å². The average molecular weight is 472 g/mol. The third-order valence-corrected chi connectivity index (χ3v) is 6.19. The van der Waals surface area contributed by atoms with E-state index in [4.69, 9.17) is 0 Å². The lowest BCUT2D eigenvalue weighted by atomic mass is 9.95. The van der Waals surface area contributed by atoms with E-state index < -0.39 is 17.7 Å². The van der Waals surface area contributed by atoms with Gasteiger partial charge in [0.15, 0.2) is 5.76 Å². The van der Waals surface area contributed by atoms with Gasteiger partial charge in [0.05, 0.1) is 22.8 Å². The van der Waals surface area contributed by atoms with Crippen molar-refractivity contribution in [1.29, 1.82) is 0 Å². The maximum atomic E-state index is 13.1. The number of rotatable bonds is 7. The molecule has 1 aromatic carbocycles. The van der Waals surface area contributed by atoms with Gasteiger partial charge in [0.2, 0.25) is 5.78 Å². The summed E-state index contributed by atoms with van der Waals surface area (Å²) in [5.41, 5.74) is 0.914. The van der Waals surface area contributed by atoms with E-state index in [1.54, 1.807) is 34.9 Å². The minimum absolute atomic E-state index is 0.137. The highest BCUT2D eigenvalue weighted by molar-refractivity contribution is 9.10. The first kappa shape index (κ1) is 19.6. The number of nitrogens with zero attached hydrogens (tertiary/aromatic N) is 3. The van der Waals surface area contributed by atoms with Gasteiger partial charge in [0, 0.05) is 30.0 Å². The summed E-state index contributed by atoms with van der Waals surface area (Å²) in [4.78, 5) is 32.1. The number of amides is 1. The molecule has 0 saturated carbocycles. The standard InChI is InChI=1S/C21H18BrN3O3S/c22-15-5-1-4-14(12-15)18-17(19(26)16-6-2-11-29-16)20(27)21(28)25(18)9-3-8-24-10-7-23-13-24/h1-2,4-7,10-13,18,27H,3,8-9H2/t18-/m0/s1. The molecule has 1 aliphatic heterocycles. The number of thiophene rings is 1. The van der Waals surface area contributed by atoms with Crippen LogP contribution in [0.4, 0.5) is 0 Å². The number of Topliss-reactive ketones (excluding diaryl/α,β-unsaturated/α-hetero) is 1. The van der Waals surface area contributed by atoms with Crippen molar-refractivity contribution in [2.24, 2.45) is 0 Å². The van der Waals surface area contributed by atoms with Gasteiger partial charge in [-0.15, -0.1) is 11.3 Å². The lowest BCUT2D eigenvalue weighted by Gasteiger charge is -2.27. The van der Waals surface area contributed by atoms with E-state index in [-0.39, 0.29) is 11.4 Å². The van der Waals surface area contributed by atoms with Crippen molar-refractivity contribution >= 4 is 39.0 Å². The molecule has 0 spiro atoms. The minimum atomic E-state index is -0.627. The SMILES string of the molecule is O=C(C1=C(O)C(=O)N(CCCn2ccnc2)[C@H]1c1cccc(Br)c1)c1cccs1. The first-order valence-electron chi connectivity index (χ1n) is 9.10. The molecule has 0 bridgehead atoms. The van der Waals surface area contributed by atoms with Crippen LogP contribution in [0, 0.1) is 0 Å². The summed E-state index contributed by atoms with van der Waals surface area (Å²) in [6, 6.07) is 10.3. The molecule has 29 heavy (non-hydrogen) atoms. The maximum absolute atomic E-state index is 13.1. The molecular weight excluding hydrogens is 454 g/mol. The van der Waals surface area contributed by atoms with E-state index in [0.29, 0.717) is 24.4 Å². The number of benzene rings is 1. The molecule has 0 radical (unpaired) electrons. The van der Waals surface area contributed by atoms with Crippen LogP contribution >= 0.6 is 27.3 Å². The molecule has 0 aliphatic carbocycles. The molecule has 1 aliphatic rings. The van der Waals surface area contributed by atoms with Crippen LogP contribution in [-0.4, -0.2) is 37.8 Å². The monoisotopic (exact) mass is 471 g/mol. The van der Waals surface area contributed by atoms with Crippen LogP contribution in [0.15, 0.2) is 76.3 Å². The summed E-state index contributed by atoms with van der Waals surface area (Å²) >= 11 is 4.75. The number of hydrogen-bond acceptors (Lipinski definition) is 5. The third kappa shape index (κ3) is 3.90. The molecule has 148 valence electrons. The maximum Gasteiger partial charge on any atom is 0.290 e. The van der Waals surface area contributed by atoms with Crippen molar-refractivity contribution in [3.63, 3.8) is 0 Å². The smallest absolute Gasteiger partial charge is 0.290 e. The number of carbonyl (C=O) groups is 2. The van der Waals surface area contributed by atoms with E-state index in [0.717, 1.165) is 10.0 Å². The summed E-state index contributed by atoms with van der Waals surface area (Å²) in [6.45, 7) is 1.09. The largest absolute Gasteiger partial charge is 0.503 e. The fraction of sp³-hybridized carbons (Fsp3) is 0.190. The second kappa shape index (κ2) is 8.34. The lowest BCUT2D eigenvalue weighted by Crippen LogP contribution is -2.32. The molecular formula is C21H18BrN3O3S. The average Bonchev–Trinajstić information content (AvgIpc) is 3.46. The normalized spacial score (nSPS) is 16.7. The van der Waals surface area contributed by atoms with Gasteiger partial charge in [-0.25, -0.2) is 4.98 Å². The number of aromatic nitrogens is 2. The quantitative estimate of drug-likeness (QED) is 0.518. The summed E-state index contributed by atoms with van der Waals surface area (Å²) in [7, 11) is 0. The Morgan fingerprint density at radius 3 is 2.79 bits per heavy atom. The highest BCUT2D eigenvalue weighted by Gasteiger charge is 2.43. The highest BCUT2D eigenvalue weighted by Crippen LogP contribution is 2.40. The number of hydrogen-bond donors (Lipinski definition) is 1. The highest BCUT2D eigenvalue weighted by atomic mass is 79.9. The van der Waals surface area contributed by atoms with Crippen molar-refractivity contribution in [3.05, 3.63) is 86.7 Å². The minimum Gasteiger partial charge on any atom is -0.503 e. The molecule has 0 saturated heterocycles. The number of aliphatic hydroxyl groups excluding tert-OH is 1. The van der Waals surface area contributed by atoms with Gasteiger partial charge in [0.1, 0.15) is 0 Å². The lowest BCUT2D eigenvalue weighted by molar-refractivity contribution is -0.129. The first-order valence-corrected chi connectivity index (χ1v) is 10.8. The second-order valence-electron chi connectivity index (χ2n) is 6.68. The van der Waals surface area contributed by atoms with E-state index >= 15 is 0 Å². The van der Waals surface area contributed by atoms with Gasteiger partial charge in [-0.2, -0.15) is 0 Å². The zero-order valence-electron chi connectivity index (χ0n) is 15.4. The van der Waals surface area contributed by atoms with Gasteiger partial charge in [-0.1, -0.05) is 34.1 Å². The van der Waals surface area contributed by atoms with E-state index in [1.807, 2.05) is 35.0 Å². The zero-order valence-corrected chi connectivity index (χ0v) is 17.8. The number of aliphatic hydroxyl groups is 1. The van der Waals surface area contributed by atoms with E-state index in [1.165, 1.54) is 11.3 Å². The molecule has 3 heterocycles. The number of aryl methyl sites for hydroxylation is 1. The van der Waals surface area contributed by atoms with Crippen LogP contribution in [0.5, 0.6) is 0 Å². The Bertz CT molecular complexity index is 1060. The van der Waals surface area contributed by atoms with Crippen LogP contribution in [-0.2, 0) is 11.3 Å². The van der Waals surface area contributed by atoms with Gasteiger partial charge in [-0.05, 0) is 35.6 Å². The summed E-state index contributed by atoms with van der Waals surface area (Å²) in [5, 5.41) is 12.4. The van der Waals surface area contributed by atoms with Crippen molar-refractivity contribution in [1.82, 2.24) is 14.5 Å². The number of halogens is 1. The van der Waals surface area contributed by atoms with Gasteiger partial charge >= 0.3 is 0 Å². The van der Waals surface area contributed by atoms with Gasteiger partial charge < -0.3 is 14.6 Å². The molecule has 2 aromatic heterocycles. The van der Waals surface area contributed by atoms with Crippen LogP contribution in [0.2, 0.25) is 0 Å². The number of carbonyl (C=O) groups excluding carboxylic acids is 2. The van der Waals surface area contributed by atoms with Crippen LogP contribution in [0.3, 0.4) is 0 Å². The molecule has 4 rings (SSSR count). The van der Waals surface area contributed by atoms with Crippen LogP contribution < -0.4 is 0 Å². The molecule has 3 aromatic rings. The molecule has 0 unspecified atom stereocenters. The Hall–Kier alpha value is -2.71. The Labute approximate surface area is 180 Å².